The predicted octanol–water partition coefficient (Wildman–Crippen LogP) is 0.266. The Balaban J connectivity index is 3.28. The summed E-state index contributed by atoms with van der Waals surface area (Å²) in [7, 11) is 0. The molecule has 0 aromatic carbocycles. The van der Waals surface area contributed by atoms with E-state index in [1.54, 1.807) is 0 Å². The summed E-state index contributed by atoms with van der Waals surface area (Å²) in [6, 6.07) is -0.751. The number of rotatable bonds is 4. The number of carbonyl (C=O) groups is 2. The fraction of sp³-hybridized carbons (Fsp3) is 0.714. The molecule has 0 rings (SSSR count). The van der Waals surface area contributed by atoms with Gasteiger partial charge >= 0.3 is 6.03 Å². The van der Waals surface area contributed by atoms with Crippen LogP contribution in [-0.2, 0) is 4.79 Å². The summed E-state index contributed by atoms with van der Waals surface area (Å²) >= 11 is 0. The molecule has 0 atom stereocenters. The molecule has 4 N–H and O–H groups in total. The van der Waals surface area contributed by atoms with E-state index in [4.69, 9.17) is 5.73 Å². The van der Waals surface area contributed by atoms with Crippen LogP contribution < -0.4 is 16.6 Å². The van der Waals surface area contributed by atoms with Gasteiger partial charge in [0.25, 0.3) is 0 Å². The number of urea groups is 1. The zero-order valence-electron chi connectivity index (χ0n) is 7.22. The number of carbonyl (C=O) groups excluding carboxylic acids is 2. The van der Waals surface area contributed by atoms with Crippen molar-refractivity contribution in [1.82, 2.24) is 10.9 Å². The number of amides is 3. The highest BCUT2D eigenvalue weighted by Gasteiger charge is 1.99. The number of hydrazine groups is 1. The van der Waals surface area contributed by atoms with E-state index < -0.39 is 6.03 Å². The largest absolute Gasteiger partial charge is 0.350 e. The maximum Gasteiger partial charge on any atom is 0.330 e. The van der Waals surface area contributed by atoms with Crippen molar-refractivity contribution >= 4 is 11.9 Å². The molecule has 0 heterocycles. The second-order valence-corrected chi connectivity index (χ2v) is 2.49. The SMILES string of the molecule is CCCCCC(=O)NNC(N)=O. The minimum Gasteiger partial charge on any atom is -0.350 e. The number of nitrogens with two attached hydrogens (primary N) is 1. The van der Waals surface area contributed by atoms with Crippen LogP contribution in [0.4, 0.5) is 4.79 Å². The Morgan fingerprint density at radius 3 is 2.42 bits per heavy atom. The highest BCUT2D eigenvalue weighted by molar-refractivity contribution is 5.80. The van der Waals surface area contributed by atoms with Crippen LogP contribution in [-0.4, -0.2) is 11.9 Å². The lowest BCUT2D eigenvalue weighted by Gasteiger charge is -2.03. The Kier molecular flexibility index (Phi) is 5.77. The third-order valence-electron chi connectivity index (χ3n) is 1.33. The molecule has 0 spiro atoms. The van der Waals surface area contributed by atoms with E-state index in [-0.39, 0.29) is 5.91 Å². The molecule has 70 valence electrons. The van der Waals surface area contributed by atoms with Gasteiger partial charge in [0.2, 0.25) is 5.91 Å². The van der Waals surface area contributed by atoms with Crippen molar-refractivity contribution < 1.29 is 9.59 Å². The third kappa shape index (κ3) is 6.85. The summed E-state index contributed by atoms with van der Waals surface area (Å²) in [6.07, 6.45) is 3.34. The molecule has 0 aliphatic heterocycles. The first-order chi connectivity index (χ1) is 5.66. The highest BCUT2D eigenvalue weighted by atomic mass is 16.2. The predicted molar refractivity (Wildman–Crippen MR) is 45.0 cm³/mol. The Bertz CT molecular complexity index is 159. The van der Waals surface area contributed by atoms with Crippen LogP contribution in [0.5, 0.6) is 0 Å². The van der Waals surface area contributed by atoms with Gasteiger partial charge < -0.3 is 5.73 Å². The van der Waals surface area contributed by atoms with Gasteiger partial charge in [0.05, 0.1) is 0 Å². The lowest BCUT2D eigenvalue weighted by Crippen LogP contribution is -2.44. The Morgan fingerprint density at radius 2 is 1.92 bits per heavy atom. The zero-order valence-corrected chi connectivity index (χ0v) is 7.22. The van der Waals surface area contributed by atoms with Gasteiger partial charge in [-0.2, -0.15) is 0 Å². The fourth-order valence-electron chi connectivity index (χ4n) is 0.729. The third-order valence-corrected chi connectivity index (χ3v) is 1.33. The summed E-state index contributed by atoms with van der Waals surface area (Å²) < 4.78 is 0. The summed E-state index contributed by atoms with van der Waals surface area (Å²) in [4.78, 5) is 21.0. The number of nitrogens with one attached hydrogen (secondary N) is 2. The molecular formula is C7H15N3O2. The van der Waals surface area contributed by atoms with Crippen LogP contribution >= 0.6 is 0 Å². The molecule has 12 heavy (non-hydrogen) atoms. The van der Waals surface area contributed by atoms with E-state index in [0.717, 1.165) is 19.3 Å². The Hall–Kier alpha value is -1.26. The molecule has 0 saturated carbocycles. The summed E-state index contributed by atoms with van der Waals surface area (Å²) in [5.41, 5.74) is 8.92. The number of primary amides is 1. The normalized spacial score (nSPS) is 9.08. The maximum absolute atomic E-state index is 10.8. The van der Waals surface area contributed by atoms with E-state index in [1.807, 2.05) is 5.43 Å². The van der Waals surface area contributed by atoms with Crippen molar-refractivity contribution in [3.8, 4) is 0 Å². The summed E-state index contributed by atoms with van der Waals surface area (Å²) in [5.74, 6) is -0.206. The number of unbranched alkanes of at least 4 members (excludes halogenated alkanes) is 2. The van der Waals surface area contributed by atoms with Crippen LogP contribution in [0.3, 0.4) is 0 Å². The molecule has 3 amide bonds. The number of hydrogen-bond acceptors (Lipinski definition) is 2. The molecule has 0 bridgehead atoms. The van der Waals surface area contributed by atoms with Gasteiger partial charge in [-0.05, 0) is 6.42 Å². The molecule has 5 nitrogen and oxygen atoms in total. The fourth-order valence-corrected chi connectivity index (χ4v) is 0.729. The smallest absolute Gasteiger partial charge is 0.330 e. The van der Waals surface area contributed by atoms with Gasteiger partial charge in [-0.3, -0.25) is 10.2 Å². The number of hydrogen-bond donors (Lipinski definition) is 3. The van der Waals surface area contributed by atoms with Crippen LogP contribution in [0, 0.1) is 0 Å². The molecule has 0 aromatic rings. The topological polar surface area (TPSA) is 84.2 Å². The van der Waals surface area contributed by atoms with Crippen molar-refractivity contribution in [1.29, 1.82) is 0 Å². The first-order valence-corrected chi connectivity index (χ1v) is 4.01. The van der Waals surface area contributed by atoms with E-state index in [0.29, 0.717) is 6.42 Å². The summed E-state index contributed by atoms with van der Waals surface area (Å²) in [5, 5.41) is 0. The van der Waals surface area contributed by atoms with Crippen molar-refractivity contribution in [2.24, 2.45) is 5.73 Å². The van der Waals surface area contributed by atoms with E-state index in [9.17, 15) is 9.59 Å². The van der Waals surface area contributed by atoms with E-state index >= 15 is 0 Å². The van der Waals surface area contributed by atoms with Crippen LogP contribution in [0.15, 0.2) is 0 Å². The van der Waals surface area contributed by atoms with Crippen molar-refractivity contribution in [2.75, 3.05) is 0 Å². The molecule has 0 aliphatic carbocycles. The van der Waals surface area contributed by atoms with Gasteiger partial charge in [0, 0.05) is 6.42 Å². The lowest BCUT2D eigenvalue weighted by molar-refractivity contribution is -0.121. The van der Waals surface area contributed by atoms with E-state index in [1.165, 1.54) is 0 Å². The Labute approximate surface area is 71.7 Å². The van der Waals surface area contributed by atoms with Crippen molar-refractivity contribution in [3.05, 3.63) is 0 Å². The van der Waals surface area contributed by atoms with Gasteiger partial charge in [-0.1, -0.05) is 19.8 Å². The Morgan fingerprint density at radius 1 is 1.25 bits per heavy atom. The second kappa shape index (κ2) is 6.45. The minimum atomic E-state index is -0.751. The quantitative estimate of drug-likeness (QED) is 0.421. The van der Waals surface area contributed by atoms with Gasteiger partial charge in [0.1, 0.15) is 0 Å². The molecule has 0 aliphatic rings. The van der Waals surface area contributed by atoms with Crippen LogP contribution in [0.1, 0.15) is 32.6 Å². The standard InChI is InChI=1S/C7H15N3O2/c1-2-3-4-5-6(11)9-10-7(8)12/h2-5H2,1H3,(H,9,11)(H3,8,10,12). The van der Waals surface area contributed by atoms with Crippen LogP contribution in [0.25, 0.3) is 0 Å². The zero-order chi connectivity index (χ0) is 9.40. The molecule has 5 heteroatoms. The van der Waals surface area contributed by atoms with Crippen molar-refractivity contribution in [3.63, 3.8) is 0 Å². The maximum atomic E-state index is 10.8. The monoisotopic (exact) mass is 173 g/mol. The molecule has 0 aromatic heterocycles. The lowest BCUT2D eigenvalue weighted by atomic mass is 10.2. The average Bonchev–Trinajstić information content (AvgIpc) is 2.01. The summed E-state index contributed by atoms with van der Waals surface area (Å²) in [6.45, 7) is 2.06. The first kappa shape index (κ1) is 10.7. The average molecular weight is 173 g/mol. The van der Waals surface area contributed by atoms with Gasteiger partial charge in [-0.25, -0.2) is 10.2 Å². The molecule has 0 radical (unpaired) electrons. The van der Waals surface area contributed by atoms with E-state index in [2.05, 4.69) is 12.3 Å². The minimum absolute atomic E-state index is 0.206. The van der Waals surface area contributed by atoms with Gasteiger partial charge in [0.15, 0.2) is 0 Å². The molecular weight excluding hydrogens is 158 g/mol. The van der Waals surface area contributed by atoms with Gasteiger partial charge in [-0.15, -0.1) is 0 Å². The molecule has 0 unspecified atom stereocenters. The highest BCUT2D eigenvalue weighted by Crippen LogP contribution is 1.97. The molecule has 0 saturated heterocycles. The van der Waals surface area contributed by atoms with Crippen LogP contribution in [0.2, 0.25) is 0 Å². The first-order valence-electron chi connectivity index (χ1n) is 4.01. The molecule has 0 fully saturated rings. The second-order valence-electron chi connectivity index (χ2n) is 2.49. The van der Waals surface area contributed by atoms with Crippen molar-refractivity contribution in [2.45, 2.75) is 32.6 Å².